The van der Waals surface area contributed by atoms with Gasteiger partial charge < -0.3 is 10.1 Å². The summed E-state index contributed by atoms with van der Waals surface area (Å²) in [6, 6.07) is 8.98. The van der Waals surface area contributed by atoms with Gasteiger partial charge in [0.25, 0.3) is 0 Å². The largest absolute Gasteiger partial charge is 0.497 e. The first-order valence-corrected chi connectivity index (χ1v) is 7.66. The summed E-state index contributed by atoms with van der Waals surface area (Å²) in [6.45, 7) is 3.31. The molecule has 1 fully saturated rings. The van der Waals surface area contributed by atoms with Gasteiger partial charge in [-0.25, -0.2) is 0 Å². The van der Waals surface area contributed by atoms with Crippen molar-refractivity contribution in [3.63, 3.8) is 0 Å². The van der Waals surface area contributed by atoms with Gasteiger partial charge in [-0.15, -0.1) is 0 Å². The van der Waals surface area contributed by atoms with Crippen LogP contribution in [-0.4, -0.2) is 13.2 Å². The Balaban J connectivity index is 1.79. The van der Waals surface area contributed by atoms with E-state index in [-0.39, 0.29) is 0 Å². The minimum atomic E-state index is 0.625. The molecule has 106 valence electrons. The number of nitrogens with one attached hydrogen (secondary N) is 1. The standard InChI is InChI=1S/C17H27NO/c1-14(16-7-5-3-4-6-8-16)18-13-15-9-11-17(19-2)12-10-15/h9-12,14,16,18H,3-8,13H2,1-2H3/t14-/m1/s1. The van der Waals surface area contributed by atoms with Gasteiger partial charge in [0.2, 0.25) is 0 Å². The summed E-state index contributed by atoms with van der Waals surface area (Å²) in [6.07, 6.45) is 8.50. The molecule has 1 saturated carbocycles. The van der Waals surface area contributed by atoms with Crippen LogP contribution in [0.25, 0.3) is 0 Å². The van der Waals surface area contributed by atoms with Crippen LogP contribution in [0.15, 0.2) is 24.3 Å². The van der Waals surface area contributed by atoms with Crippen molar-refractivity contribution in [1.82, 2.24) is 5.32 Å². The second-order valence-corrected chi connectivity index (χ2v) is 5.77. The number of hydrogen-bond acceptors (Lipinski definition) is 2. The van der Waals surface area contributed by atoms with Crippen LogP contribution >= 0.6 is 0 Å². The lowest BCUT2D eigenvalue weighted by atomic mass is 9.93. The molecule has 0 saturated heterocycles. The molecule has 0 amide bonds. The Morgan fingerprint density at radius 1 is 1.11 bits per heavy atom. The van der Waals surface area contributed by atoms with Gasteiger partial charge in [0.1, 0.15) is 5.75 Å². The van der Waals surface area contributed by atoms with Crippen molar-refractivity contribution in [1.29, 1.82) is 0 Å². The number of hydrogen-bond donors (Lipinski definition) is 1. The molecule has 0 radical (unpaired) electrons. The molecule has 1 N–H and O–H groups in total. The van der Waals surface area contributed by atoms with E-state index in [1.807, 2.05) is 12.1 Å². The zero-order chi connectivity index (χ0) is 13.5. The van der Waals surface area contributed by atoms with Crippen LogP contribution in [-0.2, 0) is 6.54 Å². The number of ether oxygens (including phenoxy) is 1. The normalized spacial score (nSPS) is 18.8. The fourth-order valence-electron chi connectivity index (χ4n) is 3.00. The maximum Gasteiger partial charge on any atom is 0.118 e. The monoisotopic (exact) mass is 261 g/mol. The predicted octanol–water partition coefficient (Wildman–Crippen LogP) is 4.14. The quantitative estimate of drug-likeness (QED) is 0.804. The SMILES string of the molecule is COc1ccc(CN[C@H](C)C2CCCCCC2)cc1. The van der Waals surface area contributed by atoms with Gasteiger partial charge in [-0.1, -0.05) is 37.8 Å². The van der Waals surface area contributed by atoms with Crippen molar-refractivity contribution in [2.45, 2.75) is 58.0 Å². The van der Waals surface area contributed by atoms with Crippen LogP contribution in [0, 0.1) is 5.92 Å². The Hall–Kier alpha value is -1.02. The molecule has 0 aromatic heterocycles. The van der Waals surface area contributed by atoms with Crippen LogP contribution in [0.3, 0.4) is 0 Å². The van der Waals surface area contributed by atoms with E-state index in [4.69, 9.17) is 4.74 Å². The van der Waals surface area contributed by atoms with E-state index in [0.717, 1.165) is 18.2 Å². The molecule has 1 atom stereocenters. The van der Waals surface area contributed by atoms with Gasteiger partial charge in [0.15, 0.2) is 0 Å². The molecule has 1 aliphatic carbocycles. The number of benzene rings is 1. The maximum absolute atomic E-state index is 5.18. The van der Waals surface area contributed by atoms with E-state index in [0.29, 0.717) is 6.04 Å². The highest BCUT2D eigenvalue weighted by Crippen LogP contribution is 2.25. The first-order chi connectivity index (χ1) is 9.29. The second kappa shape index (κ2) is 7.54. The van der Waals surface area contributed by atoms with Crippen LogP contribution in [0.1, 0.15) is 51.0 Å². The van der Waals surface area contributed by atoms with E-state index in [1.165, 1.54) is 44.1 Å². The van der Waals surface area contributed by atoms with E-state index < -0.39 is 0 Å². The second-order valence-electron chi connectivity index (χ2n) is 5.77. The molecule has 0 heterocycles. The molecule has 1 aromatic rings. The van der Waals surface area contributed by atoms with Gasteiger partial charge >= 0.3 is 0 Å². The molecule has 2 nitrogen and oxygen atoms in total. The van der Waals surface area contributed by atoms with Gasteiger partial charge in [0.05, 0.1) is 7.11 Å². The van der Waals surface area contributed by atoms with Gasteiger partial charge in [-0.3, -0.25) is 0 Å². The zero-order valence-corrected chi connectivity index (χ0v) is 12.3. The molecule has 0 bridgehead atoms. The van der Waals surface area contributed by atoms with E-state index in [1.54, 1.807) is 7.11 Å². The van der Waals surface area contributed by atoms with Crippen LogP contribution in [0.5, 0.6) is 5.75 Å². The van der Waals surface area contributed by atoms with E-state index in [9.17, 15) is 0 Å². The van der Waals surface area contributed by atoms with Crippen molar-refractivity contribution in [3.05, 3.63) is 29.8 Å². The molecule has 2 rings (SSSR count). The molecule has 0 unspecified atom stereocenters. The topological polar surface area (TPSA) is 21.3 Å². The maximum atomic E-state index is 5.18. The summed E-state index contributed by atoms with van der Waals surface area (Å²) in [4.78, 5) is 0. The molecular formula is C17H27NO. The first kappa shape index (κ1) is 14.4. The molecule has 0 aliphatic heterocycles. The van der Waals surface area contributed by atoms with Crippen molar-refractivity contribution in [2.75, 3.05) is 7.11 Å². The summed E-state index contributed by atoms with van der Waals surface area (Å²) in [7, 11) is 1.71. The highest BCUT2D eigenvalue weighted by atomic mass is 16.5. The molecule has 1 aromatic carbocycles. The summed E-state index contributed by atoms with van der Waals surface area (Å²) in [5.41, 5.74) is 1.33. The van der Waals surface area contributed by atoms with Crippen molar-refractivity contribution >= 4 is 0 Å². The summed E-state index contributed by atoms with van der Waals surface area (Å²) in [5.74, 6) is 1.79. The van der Waals surface area contributed by atoms with E-state index in [2.05, 4.69) is 24.4 Å². The Bertz CT molecular complexity index is 352. The Morgan fingerprint density at radius 2 is 1.74 bits per heavy atom. The first-order valence-electron chi connectivity index (χ1n) is 7.66. The van der Waals surface area contributed by atoms with Gasteiger partial charge in [0, 0.05) is 12.6 Å². The fourth-order valence-corrected chi connectivity index (χ4v) is 3.00. The Morgan fingerprint density at radius 3 is 2.32 bits per heavy atom. The summed E-state index contributed by atoms with van der Waals surface area (Å²) in [5, 5.41) is 3.69. The summed E-state index contributed by atoms with van der Waals surface area (Å²) < 4.78 is 5.18. The third kappa shape index (κ3) is 4.54. The highest BCUT2D eigenvalue weighted by molar-refractivity contribution is 5.27. The van der Waals surface area contributed by atoms with E-state index >= 15 is 0 Å². The average molecular weight is 261 g/mol. The third-order valence-electron chi connectivity index (χ3n) is 4.39. The lowest BCUT2D eigenvalue weighted by Crippen LogP contribution is -2.32. The van der Waals surface area contributed by atoms with Gasteiger partial charge in [-0.05, 0) is 43.4 Å². The number of methoxy groups -OCH3 is 1. The van der Waals surface area contributed by atoms with Crippen molar-refractivity contribution < 1.29 is 4.74 Å². The highest BCUT2D eigenvalue weighted by Gasteiger charge is 2.18. The van der Waals surface area contributed by atoms with Crippen molar-refractivity contribution in [2.24, 2.45) is 5.92 Å². The molecule has 19 heavy (non-hydrogen) atoms. The minimum absolute atomic E-state index is 0.625. The lowest BCUT2D eigenvalue weighted by molar-refractivity contribution is 0.336. The number of rotatable bonds is 5. The molecule has 1 aliphatic rings. The lowest BCUT2D eigenvalue weighted by Gasteiger charge is -2.23. The average Bonchev–Trinajstić information content (AvgIpc) is 2.74. The van der Waals surface area contributed by atoms with Crippen LogP contribution in [0.4, 0.5) is 0 Å². The van der Waals surface area contributed by atoms with Gasteiger partial charge in [-0.2, -0.15) is 0 Å². The minimum Gasteiger partial charge on any atom is -0.497 e. The molecule has 2 heteroatoms. The Kier molecular flexibility index (Phi) is 5.71. The third-order valence-corrected chi connectivity index (χ3v) is 4.39. The zero-order valence-electron chi connectivity index (χ0n) is 12.3. The fraction of sp³-hybridized carbons (Fsp3) is 0.647. The predicted molar refractivity (Wildman–Crippen MR) is 80.5 cm³/mol. The van der Waals surface area contributed by atoms with Crippen molar-refractivity contribution in [3.8, 4) is 5.75 Å². The van der Waals surface area contributed by atoms with Crippen LogP contribution < -0.4 is 10.1 Å². The Labute approximate surface area is 117 Å². The summed E-state index contributed by atoms with van der Waals surface area (Å²) >= 11 is 0. The smallest absolute Gasteiger partial charge is 0.118 e. The molecular weight excluding hydrogens is 234 g/mol. The van der Waals surface area contributed by atoms with Crippen LogP contribution in [0.2, 0.25) is 0 Å². The molecule has 0 spiro atoms.